The van der Waals surface area contributed by atoms with Crippen LogP contribution in [0.2, 0.25) is 0 Å². The van der Waals surface area contributed by atoms with Crippen LogP contribution in [0, 0.1) is 0 Å². The highest BCUT2D eigenvalue weighted by Gasteiger charge is 2.66. The number of hydrogen-bond acceptors (Lipinski definition) is 8. The maximum absolute atomic E-state index is 12.0. The van der Waals surface area contributed by atoms with Crippen molar-refractivity contribution in [2.24, 2.45) is 0 Å². The lowest BCUT2D eigenvalue weighted by Crippen LogP contribution is -2.73. The van der Waals surface area contributed by atoms with E-state index in [1.807, 2.05) is 0 Å². The number of methoxy groups -OCH3 is 1. The number of carbonyl (C=O) groups is 1. The molecule has 3 aliphatic heterocycles. The van der Waals surface area contributed by atoms with Crippen LogP contribution in [0.15, 0.2) is 0 Å². The van der Waals surface area contributed by atoms with Crippen molar-refractivity contribution >= 4 is 5.97 Å². The summed E-state index contributed by atoms with van der Waals surface area (Å²) < 4.78 is 29.6. The van der Waals surface area contributed by atoms with Gasteiger partial charge in [0.25, 0.3) is 0 Å². The van der Waals surface area contributed by atoms with Gasteiger partial charge in [0, 0.05) is 25.7 Å². The number of esters is 1. The molecule has 26 heavy (non-hydrogen) atoms. The molecule has 2 N–H and O–H groups in total. The van der Waals surface area contributed by atoms with Crippen molar-refractivity contribution in [2.75, 3.05) is 20.3 Å². The smallest absolute Gasteiger partial charge is 0.338 e. The van der Waals surface area contributed by atoms with E-state index < -0.39 is 41.5 Å². The predicted octanol–water partition coefficient (Wildman–Crippen LogP) is 0.623. The average molecular weight is 372 g/mol. The van der Waals surface area contributed by atoms with Gasteiger partial charge >= 0.3 is 5.97 Å². The standard InChI is InChI=1S/C18H28O8/c1-22-15(20)16(21)10-12(19)14-13(11-16)25-17(6-2-4-8-23-17)18(26-14)7-3-5-9-24-18/h12-14,19,21H,2-11H2,1H3/t12-,13-,14-,16+,17+,18+/m1/s1. The highest BCUT2D eigenvalue weighted by atomic mass is 16.8. The first kappa shape index (κ1) is 18.6. The summed E-state index contributed by atoms with van der Waals surface area (Å²) in [5, 5.41) is 21.3. The van der Waals surface area contributed by atoms with E-state index in [0.29, 0.717) is 26.1 Å². The molecule has 148 valence electrons. The Kier molecular flexibility index (Phi) is 4.78. The predicted molar refractivity (Wildman–Crippen MR) is 87.0 cm³/mol. The van der Waals surface area contributed by atoms with Gasteiger partial charge < -0.3 is 33.9 Å². The van der Waals surface area contributed by atoms with E-state index in [-0.39, 0.29) is 12.8 Å². The van der Waals surface area contributed by atoms with Crippen molar-refractivity contribution in [3.05, 3.63) is 0 Å². The van der Waals surface area contributed by atoms with Crippen LogP contribution in [0.4, 0.5) is 0 Å². The molecule has 0 unspecified atom stereocenters. The van der Waals surface area contributed by atoms with Gasteiger partial charge in [-0.2, -0.15) is 0 Å². The number of ether oxygens (including phenoxy) is 5. The first-order valence-corrected chi connectivity index (χ1v) is 9.56. The number of rotatable bonds is 1. The zero-order valence-electron chi connectivity index (χ0n) is 15.1. The maximum Gasteiger partial charge on any atom is 0.338 e. The molecule has 4 aliphatic rings. The van der Waals surface area contributed by atoms with Gasteiger partial charge in [0.2, 0.25) is 11.6 Å². The highest BCUT2D eigenvalue weighted by Crippen LogP contribution is 2.52. The molecular weight excluding hydrogens is 344 g/mol. The Morgan fingerprint density at radius 3 is 2.15 bits per heavy atom. The van der Waals surface area contributed by atoms with Crippen LogP contribution in [-0.4, -0.2) is 72.0 Å². The molecule has 1 aliphatic carbocycles. The molecular formula is C18H28O8. The van der Waals surface area contributed by atoms with Gasteiger partial charge in [0.05, 0.1) is 32.5 Å². The summed E-state index contributed by atoms with van der Waals surface area (Å²) in [6.07, 6.45) is 2.35. The lowest BCUT2D eigenvalue weighted by Gasteiger charge is -2.60. The summed E-state index contributed by atoms with van der Waals surface area (Å²) >= 11 is 0. The van der Waals surface area contributed by atoms with Gasteiger partial charge in [-0.05, 0) is 25.7 Å². The van der Waals surface area contributed by atoms with E-state index in [1.165, 1.54) is 7.11 Å². The summed E-state index contributed by atoms with van der Waals surface area (Å²) in [6, 6.07) is 0. The van der Waals surface area contributed by atoms with Gasteiger partial charge in [0.15, 0.2) is 5.60 Å². The Balaban J connectivity index is 1.65. The topological polar surface area (TPSA) is 104 Å². The minimum atomic E-state index is -1.80. The molecule has 0 amide bonds. The monoisotopic (exact) mass is 372 g/mol. The number of carbonyl (C=O) groups excluding carboxylic acids is 1. The fourth-order valence-electron chi connectivity index (χ4n) is 4.83. The normalized spacial score (nSPS) is 49.0. The van der Waals surface area contributed by atoms with Crippen LogP contribution in [-0.2, 0) is 28.5 Å². The summed E-state index contributed by atoms with van der Waals surface area (Å²) in [5.74, 6) is -2.89. The molecule has 6 atom stereocenters. The number of fused-ring (bicyclic) bond motifs is 2. The van der Waals surface area contributed by atoms with Crippen molar-refractivity contribution in [1.29, 1.82) is 0 Å². The molecule has 0 radical (unpaired) electrons. The molecule has 0 aromatic heterocycles. The van der Waals surface area contributed by atoms with Gasteiger partial charge in [-0.1, -0.05) is 0 Å². The Labute approximate surface area is 152 Å². The van der Waals surface area contributed by atoms with Gasteiger partial charge in [-0.3, -0.25) is 0 Å². The molecule has 8 nitrogen and oxygen atoms in total. The highest BCUT2D eigenvalue weighted by molar-refractivity contribution is 5.79. The van der Waals surface area contributed by atoms with E-state index in [1.54, 1.807) is 0 Å². The van der Waals surface area contributed by atoms with E-state index in [2.05, 4.69) is 0 Å². The molecule has 2 spiro atoms. The fraction of sp³-hybridized carbons (Fsp3) is 0.944. The number of hydrogen-bond donors (Lipinski definition) is 2. The van der Waals surface area contributed by atoms with Crippen molar-refractivity contribution < 1.29 is 38.7 Å². The fourth-order valence-corrected chi connectivity index (χ4v) is 4.83. The maximum atomic E-state index is 12.0. The SMILES string of the molecule is COC(=O)[C@]1(O)C[C@@H](O)[C@H]2O[C@@]3(CCCCO3)[C@]3(CCCCO3)O[C@@H]2C1. The third-order valence-corrected chi connectivity index (χ3v) is 6.12. The second kappa shape index (κ2) is 6.68. The van der Waals surface area contributed by atoms with Crippen LogP contribution in [0.1, 0.15) is 51.4 Å². The summed E-state index contributed by atoms with van der Waals surface area (Å²) in [6.45, 7) is 1.09. The lowest BCUT2D eigenvalue weighted by molar-refractivity contribution is -0.491. The van der Waals surface area contributed by atoms with Crippen LogP contribution in [0.5, 0.6) is 0 Å². The Hall–Kier alpha value is -0.770. The lowest BCUT2D eigenvalue weighted by atomic mass is 9.77. The molecule has 0 aromatic rings. The van der Waals surface area contributed by atoms with Crippen molar-refractivity contribution in [3.63, 3.8) is 0 Å². The zero-order chi connectivity index (χ0) is 18.4. The molecule has 4 rings (SSSR count). The molecule has 0 bridgehead atoms. The third kappa shape index (κ3) is 2.78. The van der Waals surface area contributed by atoms with Crippen molar-refractivity contribution in [2.45, 2.75) is 86.9 Å². The molecule has 4 fully saturated rings. The molecule has 0 aromatic carbocycles. The Morgan fingerprint density at radius 1 is 1.00 bits per heavy atom. The summed E-state index contributed by atoms with van der Waals surface area (Å²) in [4.78, 5) is 12.0. The average Bonchev–Trinajstić information content (AvgIpc) is 2.64. The molecule has 3 saturated heterocycles. The largest absolute Gasteiger partial charge is 0.467 e. The van der Waals surface area contributed by atoms with E-state index in [9.17, 15) is 15.0 Å². The molecule has 1 saturated carbocycles. The number of aliphatic hydroxyl groups is 2. The van der Waals surface area contributed by atoms with Gasteiger partial charge in [0.1, 0.15) is 6.10 Å². The second-order valence-electron chi connectivity index (χ2n) is 7.85. The van der Waals surface area contributed by atoms with E-state index in [0.717, 1.165) is 25.7 Å². The van der Waals surface area contributed by atoms with Crippen molar-refractivity contribution in [1.82, 2.24) is 0 Å². The summed E-state index contributed by atoms with van der Waals surface area (Å²) in [7, 11) is 1.22. The minimum absolute atomic E-state index is 0.0113. The second-order valence-corrected chi connectivity index (χ2v) is 7.85. The number of aliphatic hydroxyl groups excluding tert-OH is 1. The minimum Gasteiger partial charge on any atom is -0.467 e. The third-order valence-electron chi connectivity index (χ3n) is 6.12. The first-order valence-electron chi connectivity index (χ1n) is 9.56. The van der Waals surface area contributed by atoms with Gasteiger partial charge in [-0.15, -0.1) is 0 Å². The van der Waals surface area contributed by atoms with E-state index >= 15 is 0 Å². The zero-order valence-corrected chi connectivity index (χ0v) is 15.1. The van der Waals surface area contributed by atoms with Crippen molar-refractivity contribution in [3.8, 4) is 0 Å². The van der Waals surface area contributed by atoms with Crippen LogP contribution < -0.4 is 0 Å². The van der Waals surface area contributed by atoms with Gasteiger partial charge in [-0.25, -0.2) is 4.79 Å². The Morgan fingerprint density at radius 2 is 1.62 bits per heavy atom. The Bertz CT molecular complexity index is 539. The quantitative estimate of drug-likeness (QED) is 0.646. The van der Waals surface area contributed by atoms with E-state index in [4.69, 9.17) is 23.7 Å². The molecule has 3 heterocycles. The molecule has 8 heteroatoms. The first-order chi connectivity index (χ1) is 12.4. The van der Waals surface area contributed by atoms with Crippen LogP contribution >= 0.6 is 0 Å². The van der Waals surface area contributed by atoms with Crippen LogP contribution in [0.25, 0.3) is 0 Å². The summed E-state index contributed by atoms with van der Waals surface area (Å²) in [5.41, 5.74) is -1.80. The van der Waals surface area contributed by atoms with Crippen LogP contribution in [0.3, 0.4) is 0 Å².